The molecule has 0 N–H and O–H groups in total. The molecule has 0 aliphatic heterocycles. The van der Waals surface area contributed by atoms with Crippen molar-refractivity contribution in [3.05, 3.63) is 76.4 Å². The Hall–Kier alpha value is -2.50. The van der Waals surface area contributed by atoms with Gasteiger partial charge in [0.2, 0.25) is 0 Å². The summed E-state index contributed by atoms with van der Waals surface area (Å²) in [7, 11) is 0. The van der Waals surface area contributed by atoms with Crippen LogP contribution in [0.2, 0.25) is 5.02 Å². The van der Waals surface area contributed by atoms with Gasteiger partial charge in [0.15, 0.2) is 0 Å². The first-order chi connectivity index (χ1) is 11.6. The zero-order valence-corrected chi connectivity index (χ0v) is 14.3. The molecule has 6 heteroatoms. The predicted octanol–water partition coefficient (Wildman–Crippen LogP) is 5.04. The zero-order valence-electron chi connectivity index (χ0n) is 12.8. The van der Waals surface area contributed by atoms with E-state index in [4.69, 9.17) is 16.4 Å². The fourth-order valence-corrected chi connectivity index (χ4v) is 3.01. The molecule has 0 saturated heterocycles. The highest BCUT2D eigenvalue weighted by atomic mass is 35.5. The van der Waals surface area contributed by atoms with Crippen LogP contribution in [-0.4, -0.2) is 16.7 Å². The quantitative estimate of drug-likeness (QED) is 0.373. The molecule has 3 aromatic rings. The fraction of sp³-hybridized carbons (Fsp3) is 0.0556. The second kappa shape index (κ2) is 7.38. The van der Waals surface area contributed by atoms with Gasteiger partial charge in [0, 0.05) is 27.9 Å². The van der Waals surface area contributed by atoms with Gasteiger partial charge in [-0.2, -0.15) is 0 Å². The molecule has 0 aliphatic carbocycles. The first-order valence-electron chi connectivity index (χ1n) is 7.15. The van der Waals surface area contributed by atoms with Crippen molar-refractivity contribution in [3.8, 4) is 10.4 Å². The number of carbonyl (C=O) groups is 1. The Morgan fingerprint density at radius 3 is 2.67 bits per heavy atom. The van der Waals surface area contributed by atoms with Gasteiger partial charge in [0.05, 0.1) is 5.71 Å². The van der Waals surface area contributed by atoms with Crippen LogP contribution in [0.5, 0.6) is 0 Å². The molecule has 0 unspecified atom stereocenters. The molecule has 0 saturated carbocycles. The van der Waals surface area contributed by atoms with Crippen LogP contribution in [0.1, 0.15) is 22.2 Å². The van der Waals surface area contributed by atoms with Gasteiger partial charge in [0.25, 0.3) is 0 Å². The van der Waals surface area contributed by atoms with Crippen LogP contribution in [0.15, 0.2) is 66.1 Å². The minimum atomic E-state index is -0.483. The Morgan fingerprint density at radius 1 is 1.17 bits per heavy atom. The number of hydrogen-bond acceptors (Lipinski definition) is 5. The normalized spacial score (nSPS) is 11.3. The third-order valence-corrected chi connectivity index (χ3v) is 4.65. The maximum absolute atomic E-state index is 12.1. The molecule has 0 atom stereocenters. The molecular weight excluding hydrogens is 344 g/mol. The van der Waals surface area contributed by atoms with Crippen molar-refractivity contribution in [2.75, 3.05) is 0 Å². The lowest BCUT2D eigenvalue weighted by atomic mass is 10.2. The van der Waals surface area contributed by atoms with Crippen LogP contribution in [0.25, 0.3) is 10.4 Å². The molecule has 0 radical (unpaired) electrons. The van der Waals surface area contributed by atoms with E-state index in [1.807, 2.05) is 36.4 Å². The molecule has 3 rings (SSSR count). The standard InChI is InChI=1S/C18H13ClN2O2S/c1-12(14-3-2-10-20-11-14)21-23-18(22)17-9-8-16(24-17)13-4-6-15(19)7-5-13/h2-11H,1H3/b21-12-. The van der Waals surface area contributed by atoms with Crippen molar-refractivity contribution in [1.82, 2.24) is 4.98 Å². The third-order valence-electron chi connectivity index (χ3n) is 3.28. The summed E-state index contributed by atoms with van der Waals surface area (Å²) in [6.07, 6.45) is 3.34. The van der Waals surface area contributed by atoms with Crippen LogP contribution in [0, 0.1) is 0 Å². The largest absolute Gasteiger partial charge is 0.375 e. The number of oxime groups is 1. The zero-order chi connectivity index (χ0) is 16.9. The van der Waals surface area contributed by atoms with Gasteiger partial charge >= 0.3 is 5.97 Å². The molecule has 24 heavy (non-hydrogen) atoms. The maximum Gasteiger partial charge on any atom is 0.375 e. The van der Waals surface area contributed by atoms with Crippen LogP contribution in [0.4, 0.5) is 0 Å². The molecule has 0 spiro atoms. The van der Waals surface area contributed by atoms with E-state index in [-0.39, 0.29) is 0 Å². The van der Waals surface area contributed by atoms with Gasteiger partial charge in [-0.25, -0.2) is 4.79 Å². The Morgan fingerprint density at radius 2 is 1.96 bits per heavy atom. The highest BCUT2D eigenvalue weighted by molar-refractivity contribution is 7.17. The number of benzene rings is 1. The van der Waals surface area contributed by atoms with E-state index >= 15 is 0 Å². The van der Waals surface area contributed by atoms with E-state index < -0.39 is 5.97 Å². The van der Waals surface area contributed by atoms with Crippen molar-refractivity contribution in [2.45, 2.75) is 6.92 Å². The molecule has 0 aliphatic rings. The van der Waals surface area contributed by atoms with Gasteiger partial charge in [0.1, 0.15) is 4.88 Å². The smallest absolute Gasteiger partial charge is 0.312 e. The summed E-state index contributed by atoms with van der Waals surface area (Å²) in [6.45, 7) is 1.76. The van der Waals surface area contributed by atoms with Gasteiger partial charge < -0.3 is 4.84 Å². The van der Waals surface area contributed by atoms with Crippen molar-refractivity contribution < 1.29 is 9.63 Å². The number of carbonyl (C=O) groups excluding carboxylic acids is 1. The average molecular weight is 357 g/mol. The van der Waals surface area contributed by atoms with E-state index in [0.29, 0.717) is 15.6 Å². The van der Waals surface area contributed by atoms with Crippen molar-refractivity contribution in [1.29, 1.82) is 0 Å². The minimum Gasteiger partial charge on any atom is -0.312 e. The summed E-state index contributed by atoms with van der Waals surface area (Å²) >= 11 is 7.23. The molecule has 4 nitrogen and oxygen atoms in total. The molecule has 120 valence electrons. The van der Waals surface area contributed by atoms with Crippen LogP contribution in [0.3, 0.4) is 0 Å². The van der Waals surface area contributed by atoms with Crippen LogP contribution < -0.4 is 0 Å². The van der Waals surface area contributed by atoms with Gasteiger partial charge in [-0.3, -0.25) is 4.98 Å². The molecule has 2 aromatic heterocycles. The fourth-order valence-electron chi connectivity index (χ4n) is 2.00. The number of thiophene rings is 1. The summed E-state index contributed by atoms with van der Waals surface area (Å²) < 4.78 is 0. The number of nitrogens with zero attached hydrogens (tertiary/aromatic N) is 2. The second-order valence-corrected chi connectivity index (χ2v) is 6.49. The number of pyridine rings is 1. The molecule has 2 heterocycles. The average Bonchev–Trinajstić information content (AvgIpc) is 3.11. The first-order valence-corrected chi connectivity index (χ1v) is 8.35. The van der Waals surface area contributed by atoms with Gasteiger partial charge in [-0.15, -0.1) is 11.3 Å². The molecular formula is C18H13ClN2O2S. The SMILES string of the molecule is C/C(=N/OC(=O)c1ccc(-c2ccc(Cl)cc2)s1)c1cccnc1. The number of rotatable bonds is 4. The highest BCUT2D eigenvalue weighted by Crippen LogP contribution is 2.29. The lowest BCUT2D eigenvalue weighted by molar-refractivity contribution is 0.0522. The number of aromatic nitrogens is 1. The number of hydrogen-bond donors (Lipinski definition) is 0. The lowest BCUT2D eigenvalue weighted by Gasteiger charge is -1.99. The lowest BCUT2D eigenvalue weighted by Crippen LogP contribution is -2.02. The maximum atomic E-state index is 12.1. The third kappa shape index (κ3) is 3.88. The highest BCUT2D eigenvalue weighted by Gasteiger charge is 2.12. The van der Waals surface area contributed by atoms with Crippen molar-refractivity contribution >= 4 is 34.6 Å². The topological polar surface area (TPSA) is 51.5 Å². The van der Waals surface area contributed by atoms with Crippen LogP contribution >= 0.6 is 22.9 Å². The molecule has 0 amide bonds. The summed E-state index contributed by atoms with van der Waals surface area (Å²) in [5.74, 6) is -0.483. The molecule has 1 aromatic carbocycles. The van der Waals surface area contributed by atoms with E-state index in [0.717, 1.165) is 16.0 Å². The predicted molar refractivity (Wildman–Crippen MR) is 96.6 cm³/mol. The van der Waals surface area contributed by atoms with Crippen molar-refractivity contribution in [2.24, 2.45) is 5.16 Å². The van der Waals surface area contributed by atoms with E-state index in [1.54, 1.807) is 31.5 Å². The van der Waals surface area contributed by atoms with Gasteiger partial charge in [-0.1, -0.05) is 28.9 Å². The monoisotopic (exact) mass is 356 g/mol. The summed E-state index contributed by atoms with van der Waals surface area (Å²) in [5, 5.41) is 4.56. The summed E-state index contributed by atoms with van der Waals surface area (Å²) in [4.78, 5) is 22.6. The summed E-state index contributed by atoms with van der Waals surface area (Å²) in [6, 6.07) is 14.7. The van der Waals surface area contributed by atoms with E-state index in [1.165, 1.54) is 11.3 Å². The van der Waals surface area contributed by atoms with Crippen molar-refractivity contribution in [3.63, 3.8) is 0 Å². The second-order valence-electron chi connectivity index (χ2n) is 4.97. The Bertz CT molecular complexity index is 874. The van der Waals surface area contributed by atoms with Gasteiger partial charge in [-0.05, 0) is 48.9 Å². The van der Waals surface area contributed by atoms with Crippen LogP contribution in [-0.2, 0) is 4.84 Å². The summed E-state index contributed by atoms with van der Waals surface area (Å²) in [5.41, 5.74) is 2.39. The molecule has 0 bridgehead atoms. The first kappa shape index (κ1) is 16.4. The Labute approximate surface area is 148 Å². The minimum absolute atomic E-state index is 0.483. The van der Waals surface area contributed by atoms with E-state index in [9.17, 15) is 4.79 Å². The molecule has 0 fully saturated rings. The Balaban J connectivity index is 1.71. The Kier molecular flexibility index (Phi) is 5.03. The van der Waals surface area contributed by atoms with E-state index in [2.05, 4.69) is 10.1 Å². The number of halogens is 1.